The number of amides is 1. The minimum atomic E-state index is -4.43. The second-order valence-corrected chi connectivity index (χ2v) is 7.17. The third kappa shape index (κ3) is 5.44. The van der Waals surface area contributed by atoms with Crippen LogP contribution in [-0.2, 0) is 11.0 Å². The summed E-state index contributed by atoms with van der Waals surface area (Å²) in [5.74, 6) is -0.463. The number of hydrogen-bond acceptors (Lipinski definition) is 1. The number of carbonyl (C=O) groups is 1. The number of carbonyl (C=O) groups excluding carboxylic acids is 1. The van der Waals surface area contributed by atoms with E-state index in [0.29, 0.717) is 40.3 Å². The fourth-order valence-electron chi connectivity index (χ4n) is 2.72. The van der Waals surface area contributed by atoms with Gasteiger partial charge in [0.15, 0.2) is 0 Å². The molecular weight excluding hydrogens is 370 g/mol. The number of halogens is 4. The SMILES string of the molecule is C/C(=C\c1cc(F)cc(-c2ccc(C(F)(F)F)cc2)c1C)C(=O)NCC(C)C. The van der Waals surface area contributed by atoms with Gasteiger partial charge < -0.3 is 5.32 Å². The first-order chi connectivity index (χ1) is 13.0. The van der Waals surface area contributed by atoms with Gasteiger partial charge in [0.1, 0.15) is 5.82 Å². The van der Waals surface area contributed by atoms with Crippen molar-refractivity contribution in [2.24, 2.45) is 5.92 Å². The normalized spacial score (nSPS) is 12.4. The van der Waals surface area contributed by atoms with Crippen molar-refractivity contribution in [2.45, 2.75) is 33.9 Å². The van der Waals surface area contributed by atoms with Crippen molar-refractivity contribution >= 4 is 12.0 Å². The highest BCUT2D eigenvalue weighted by Gasteiger charge is 2.30. The summed E-state index contributed by atoms with van der Waals surface area (Å²) in [7, 11) is 0. The third-order valence-corrected chi connectivity index (χ3v) is 4.34. The molecule has 150 valence electrons. The van der Waals surface area contributed by atoms with Crippen LogP contribution in [0.1, 0.15) is 37.5 Å². The zero-order valence-electron chi connectivity index (χ0n) is 16.2. The van der Waals surface area contributed by atoms with Crippen molar-refractivity contribution in [1.82, 2.24) is 5.32 Å². The molecule has 0 aliphatic carbocycles. The van der Waals surface area contributed by atoms with Crippen molar-refractivity contribution < 1.29 is 22.4 Å². The minimum Gasteiger partial charge on any atom is -0.352 e. The molecule has 2 rings (SSSR count). The van der Waals surface area contributed by atoms with E-state index in [-0.39, 0.29) is 5.91 Å². The molecule has 2 aromatic carbocycles. The van der Waals surface area contributed by atoms with Crippen molar-refractivity contribution in [2.75, 3.05) is 6.54 Å². The molecule has 0 aliphatic heterocycles. The fourth-order valence-corrected chi connectivity index (χ4v) is 2.72. The van der Waals surface area contributed by atoms with Crippen LogP contribution in [0.15, 0.2) is 42.0 Å². The second kappa shape index (κ2) is 8.59. The van der Waals surface area contributed by atoms with Gasteiger partial charge in [-0.2, -0.15) is 13.2 Å². The zero-order chi connectivity index (χ0) is 21.1. The number of nitrogens with one attached hydrogen (secondary N) is 1. The highest BCUT2D eigenvalue weighted by Crippen LogP contribution is 2.33. The molecule has 0 fully saturated rings. The van der Waals surface area contributed by atoms with E-state index in [1.807, 2.05) is 13.8 Å². The molecule has 0 unspecified atom stereocenters. The predicted octanol–water partition coefficient (Wildman–Crippen LogP) is 6.00. The molecule has 0 bridgehead atoms. The summed E-state index contributed by atoms with van der Waals surface area (Å²) >= 11 is 0. The van der Waals surface area contributed by atoms with Gasteiger partial charge in [0.2, 0.25) is 5.91 Å². The Kier molecular flexibility index (Phi) is 6.65. The number of benzene rings is 2. The monoisotopic (exact) mass is 393 g/mol. The van der Waals surface area contributed by atoms with Crippen molar-refractivity contribution in [3.05, 3.63) is 64.5 Å². The van der Waals surface area contributed by atoms with Gasteiger partial charge in [0.25, 0.3) is 0 Å². The number of hydrogen-bond donors (Lipinski definition) is 1. The first-order valence-corrected chi connectivity index (χ1v) is 8.93. The molecule has 0 aromatic heterocycles. The maximum absolute atomic E-state index is 14.2. The van der Waals surface area contributed by atoms with Crippen LogP contribution in [0.3, 0.4) is 0 Å². The molecule has 0 saturated heterocycles. The van der Waals surface area contributed by atoms with Crippen LogP contribution in [0.5, 0.6) is 0 Å². The number of rotatable bonds is 5. The maximum Gasteiger partial charge on any atom is 0.416 e. The summed E-state index contributed by atoms with van der Waals surface area (Å²) in [4.78, 5) is 12.2. The van der Waals surface area contributed by atoms with Crippen molar-refractivity contribution in [1.29, 1.82) is 0 Å². The van der Waals surface area contributed by atoms with E-state index in [9.17, 15) is 22.4 Å². The quantitative estimate of drug-likeness (QED) is 0.490. The van der Waals surface area contributed by atoms with Crippen molar-refractivity contribution in [3.8, 4) is 11.1 Å². The summed E-state index contributed by atoms with van der Waals surface area (Å²) in [5.41, 5.74) is 1.80. The molecule has 0 spiro atoms. The summed E-state index contributed by atoms with van der Waals surface area (Å²) < 4.78 is 52.4. The van der Waals surface area contributed by atoms with Gasteiger partial charge >= 0.3 is 6.18 Å². The van der Waals surface area contributed by atoms with E-state index in [0.717, 1.165) is 12.1 Å². The predicted molar refractivity (Wildman–Crippen MR) is 103 cm³/mol. The molecule has 2 aromatic rings. The lowest BCUT2D eigenvalue weighted by Crippen LogP contribution is -2.27. The van der Waals surface area contributed by atoms with E-state index >= 15 is 0 Å². The van der Waals surface area contributed by atoms with Gasteiger partial charge in [0, 0.05) is 12.1 Å². The Hall–Kier alpha value is -2.63. The van der Waals surface area contributed by atoms with Crippen LogP contribution < -0.4 is 5.32 Å². The Morgan fingerprint density at radius 1 is 1.14 bits per heavy atom. The van der Waals surface area contributed by atoms with Gasteiger partial charge in [-0.1, -0.05) is 26.0 Å². The Morgan fingerprint density at radius 3 is 2.29 bits per heavy atom. The van der Waals surface area contributed by atoms with E-state index in [1.54, 1.807) is 19.9 Å². The van der Waals surface area contributed by atoms with Gasteiger partial charge in [-0.25, -0.2) is 4.39 Å². The molecular formula is C22H23F4NO. The average molecular weight is 393 g/mol. The smallest absolute Gasteiger partial charge is 0.352 e. The average Bonchev–Trinajstić information content (AvgIpc) is 2.61. The van der Waals surface area contributed by atoms with Crippen LogP contribution in [-0.4, -0.2) is 12.5 Å². The highest BCUT2D eigenvalue weighted by atomic mass is 19.4. The summed E-state index contributed by atoms with van der Waals surface area (Å²) in [5, 5.41) is 2.80. The van der Waals surface area contributed by atoms with Crippen LogP contribution in [0.4, 0.5) is 17.6 Å². The largest absolute Gasteiger partial charge is 0.416 e. The maximum atomic E-state index is 14.2. The van der Waals surface area contributed by atoms with Crippen molar-refractivity contribution in [3.63, 3.8) is 0 Å². The molecule has 1 amide bonds. The summed E-state index contributed by atoms with van der Waals surface area (Å²) in [6.07, 6.45) is -2.84. The lowest BCUT2D eigenvalue weighted by Gasteiger charge is -2.13. The fraction of sp³-hybridized carbons (Fsp3) is 0.318. The van der Waals surface area contributed by atoms with Gasteiger partial charge in [-0.15, -0.1) is 0 Å². The van der Waals surface area contributed by atoms with E-state index in [1.165, 1.54) is 24.3 Å². The van der Waals surface area contributed by atoms with Crippen LogP contribution in [0, 0.1) is 18.7 Å². The standard InChI is InChI=1S/C22H23F4NO/c1-13(2)12-27-21(28)14(3)9-17-10-19(23)11-20(15(17)4)16-5-7-18(8-6-16)22(24,25)26/h5-11,13H,12H2,1-4H3,(H,27,28)/b14-9+. The molecule has 0 saturated carbocycles. The van der Waals surface area contributed by atoms with Gasteiger partial charge in [-0.05, 0) is 72.4 Å². The first-order valence-electron chi connectivity index (χ1n) is 8.93. The van der Waals surface area contributed by atoms with E-state index in [2.05, 4.69) is 5.32 Å². The summed E-state index contributed by atoms with van der Waals surface area (Å²) in [6.45, 7) is 7.87. The molecule has 1 N–H and O–H groups in total. The highest BCUT2D eigenvalue weighted by molar-refractivity contribution is 5.97. The lowest BCUT2D eigenvalue weighted by atomic mass is 9.94. The molecule has 28 heavy (non-hydrogen) atoms. The van der Waals surface area contributed by atoms with Gasteiger partial charge in [0.05, 0.1) is 5.56 Å². The Labute approximate surface area is 162 Å². The zero-order valence-corrected chi connectivity index (χ0v) is 16.2. The Morgan fingerprint density at radius 2 is 1.75 bits per heavy atom. The molecule has 2 nitrogen and oxygen atoms in total. The summed E-state index contributed by atoms with van der Waals surface area (Å²) in [6, 6.07) is 7.17. The Bertz CT molecular complexity index is 881. The Balaban J connectivity index is 2.38. The molecule has 0 atom stereocenters. The van der Waals surface area contributed by atoms with Gasteiger partial charge in [-0.3, -0.25) is 4.79 Å². The topological polar surface area (TPSA) is 29.1 Å². The lowest BCUT2D eigenvalue weighted by molar-refractivity contribution is -0.137. The van der Waals surface area contributed by atoms with E-state index in [4.69, 9.17) is 0 Å². The molecule has 0 aliphatic rings. The first kappa shape index (κ1) is 21.7. The molecule has 6 heteroatoms. The van der Waals surface area contributed by atoms with E-state index < -0.39 is 17.6 Å². The second-order valence-electron chi connectivity index (χ2n) is 7.17. The van der Waals surface area contributed by atoms with Crippen LogP contribution >= 0.6 is 0 Å². The van der Waals surface area contributed by atoms with Crippen LogP contribution in [0.2, 0.25) is 0 Å². The molecule has 0 radical (unpaired) electrons. The number of alkyl halides is 3. The van der Waals surface area contributed by atoms with Crippen LogP contribution in [0.25, 0.3) is 17.2 Å². The third-order valence-electron chi connectivity index (χ3n) is 4.34. The molecule has 0 heterocycles. The minimum absolute atomic E-state index is 0.242.